The number of hydrogen-bond acceptors (Lipinski definition) is 5. The molecule has 0 aromatic carbocycles. The summed E-state index contributed by atoms with van der Waals surface area (Å²) in [6.07, 6.45) is 6.77. The van der Waals surface area contributed by atoms with Gasteiger partial charge < -0.3 is 5.32 Å². The van der Waals surface area contributed by atoms with Crippen LogP contribution in [0.25, 0.3) is 5.65 Å². The van der Waals surface area contributed by atoms with Crippen LogP contribution in [0, 0.1) is 11.8 Å². The molecule has 1 aliphatic carbocycles. The molecule has 2 aromatic heterocycles. The van der Waals surface area contributed by atoms with Crippen LogP contribution in [0.15, 0.2) is 18.3 Å². The van der Waals surface area contributed by atoms with E-state index in [0.29, 0.717) is 17.9 Å². The lowest BCUT2D eigenvalue weighted by molar-refractivity contribution is 0.352. The van der Waals surface area contributed by atoms with E-state index < -0.39 is 0 Å². The number of hydrazine groups is 1. The molecular weight excluding hydrogens is 300 g/mol. The van der Waals surface area contributed by atoms with Gasteiger partial charge in [-0.05, 0) is 31.1 Å². The van der Waals surface area contributed by atoms with Gasteiger partial charge >= 0.3 is 0 Å². The van der Waals surface area contributed by atoms with Crippen molar-refractivity contribution in [3.05, 3.63) is 24.0 Å². The fourth-order valence-corrected chi connectivity index (χ4v) is 4.03. The maximum absolute atomic E-state index is 5.91. The molecule has 3 N–H and O–H groups in total. The molecule has 1 saturated carbocycles. The van der Waals surface area contributed by atoms with Crippen molar-refractivity contribution in [2.75, 3.05) is 18.4 Å². The summed E-state index contributed by atoms with van der Waals surface area (Å²) in [5.41, 5.74) is 2.16. The van der Waals surface area contributed by atoms with Crippen LogP contribution in [-0.4, -0.2) is 38.7 Å². The average molecular weight is 328 g/mol. The Kier molecular flexibility index (Phi) is 4.18. The molecular formula is C18H28N6. The lowest BCUT2D eigenvalue weighted by Crippen LogP contribution is -2.31. The Morgan fingerprint density at radius 3 is 2.88 bits per heavy atom. The first kappa shape index (κ1) is 15.8. The molecule has 1 saturated heterocycles. The number of nitrogens with zero attached hydrogens (tertiary/aromatic N) is 4. The van der Waals surface area contributed by atoms with Crippen LogP contribution >= 0.6 is 0 Å². The molecule has 3 heterocycles. The van der Waals surface area contributed by atoms with Crippen LogP contribution in [-0.2, 0) is 0 Å². The van der Waals surface area contributed by atoms with Gasteiger partial charge in [-0.2, -0.15) is 9.61 Å². The van der Waals surface area contributed by atoms with Gasteiger partial charge in [0.1, 0.15) is 5.82 Å². The van der Waals surface area contributed by atoms with E-state index in [4.69, 9.17) is 10.8 Å². The number of aromatic nitrogens is 3. The molecule has 0 amide bonds. The van der Waals surface area contributed by atoms with Crippen molar-refractivity contribution in [2.24, 2.45) is 17.7 Å². The SMILES string of the molecule is CCC(C)C(c1cc(NC2CCN(N)C2)n2nccc2n1)C1CC1. The predicted octanol–water partition coefficient (Wildman–Crippen LogP) is 2.63. The molecule has 2 aromatic rings. The van der Waals surface area contributed by atoms with E-state index in [0.717, 1.165) is 36.9 Å². The Morgan fingerprint density at radius 2 is 2.21 bits per heavy atom. The van der Waals surface area contributed by atoms with E-state index >= 15 is 0 Å². The number of hydrogen-bond donors (Lipinski definition) is 2. The van der Waals surface area contributed by atoms with E-state index in [1.165, 1.54) is 25.0 Å². The maximum Gasteiger partial charge on any atom is 0.157 e. The number of nitrogens with one attached hydrogen (secondary N) is 1. The minimum Gasteiger partial charge on any atom is -0.366 e. The molecule has 0 radical (unpaired) electrons. The third-order valence-electron chi connectivity index (χ3n) is 5.68. The van der Waals surface area contributed by atoms with Gasteiger partial charge in [-0.15, -0.1) is 0 Å². The Hall–Kier alpha value is -1.66. The molecule has 6 nitrogen and oxygen atoms in total. The number of rotatable bonds is 6. The summed E-state index contributed by atoms with van der Waals surface area (Å²) in [5.74, 6) is 8.99. The van der Waals surface area contributed by atoms with Gasteiger partial charge in [0.15, 0.2) is 5.65 Å². The average Bonchev–Trinajstić information content (AvgIpc) is 3.12. The second kappa shape index (κ2) is 6.33. The summed E-state index contributed by atoms with van der Waals surface area (Å²) in [5, 5.41) is 9.98. The van der Waals surface area contributed by atoms with Crippen molar-refractivity contribution < 1.29 is 0 Å². The lowest BCUT2D eigenvalue weighted by atomic mass is 9.84. The van der Waals surface area contributed by atoms with Crippen molar-refractivity contribution in [2.45, 2.75) is 51.5 Å². The Bertz CT molecular complexity index is 707. The highest BCUT2D eigenvalue weighted by molar-refractivity contribution is 5.50. The molecule has 2 aliphatic rings. The van der Waals surface area contributed by atoms with Gasteiger partial charge in [0.05, 0.1) is 11.9 Å². The molecule has 24 heavy (non-hydrogen) atoms. The summed E-state index contributed by atoms with van der Waals surface area (Å²) >= 11 is 0. The van der Waals surface area contributed by atoms with Gasteiger partial charge in [0.2, 0.25) is 0 Å². The van der Waals surface area contributed by atoms with Gasteiger partial charge in [0.25, 0.3) is 0 Å². The first-order valence-corrected chi connectivity index (χ1v) is 9.26. The van der Waals surface area contributed by atoms with E-state index in [9.17, 15) is 0 Å². The third kappa shape index (κ3) is 3.00. The summed E-state index contributed by atoms with van der Waals surface area (Å²) in [6.45, 7) is 6.46. The van der Waals surface area contributed by atoms with Crippen LogP contribution in [0.5, 0.6) is 0 Å². The third-order valence-corrected chi connectivity index (χ3v) is 5.68. The van der Waals surface area contributed by atoms with Gasteiger partial charge in [-0.3, -0.25) is 5.84 Å². The molecule has 6 heteroatoms. The Morgan fingerprint density at radius 1 is 1.38 bits per heavy atom. The van der Waals surface area contributed by atoms with Gasteiger partial charge in [-0.25, -0.2) is 9.99 Å². The van der Waals surface area contributed by atoms with Crippen molar-refractivity contribution in [3.8, 4) is 0 Å². The highest BCUT2D eigenvalue weighted by Gasteiger charge is 2.36. The predicted molar refractivity (Wildman–Crippen MR) is 95.7 cm³/mol. The van der Waals surface area contributed by atoms with Crippen molar-refractivity contribution in [1.82, 2.24) is 19.6 Å². The van der Waals surface area contributed by atoms with Crippen molar-refractivity contribution >= 4 is 11.5 Å². The summed E-state index contributed by atoms with van der Waals surface area (Å²) in [7, 11) is 0. The first-order chi connectivity index (χ1) is 11.7. The quantitative estimate of drug-likeness (QED) is 0.798. The van der Waals surface area contributed by atoms with Crippen LogP contribution in [0.1, 0.15) is 51.1 Å². The minimum atomic E-state index is 0.376. The summed E-state index contributed by atoms with van der Waals surface area (Å²) < 4.78 is 1.92. The van der Waals surface area contributed by atoms with E-state index in [2.05, 4.69) is 30.3 Å². The van der Waals surface area contributed by atoms with E-state index in [1.54, 1.807) is 0 Å². The second-order valence-electron chi connectivity index (χ2n) is 7.54. The maximum atomic E-state index is 5.91. The van der Waals surface area contributed by atoms with Crippen LogP contribution in [0.2, 0.25) is 0 Å². The normalized spacial score (nSPS) is 24.4. The lowest BCUT2D eigenvalue weighted by Gasteiger charge is -2.24. The van der Waals surface area contributed by atoms with Gasteiger partial charge in [0, 0.05) is 37.2 Å². The summed E-state index contributed by atoms with van der Waals surface area (Å²) in [6, 6.07) is 4.61. The topological polar surface area (TPSA) is 71.5 Å². The molecule has 1 aliphatic heterocycles. The fraction of sp³-hybridized carbons (Fsp3) is 0.667. The molecule has 0 bridgehead atoms. The molecule has 4 rings (SSSR count). The molecule has 0 spiro atoms. The number of anilines is 1. The standard InChI is InChI=1S/C18H28N6/c1-3-12(2)18(13-4-5-13)15-10-17(21-14-7-9-23(19)11-14)24-16(22-15)6-8-20-24/h6,8,10,12-14,18,21H,3-5,7,9,11,19H2,1-2H3. The van der Waals surface area contributed by atoms with Crippen LogP contribution in [0.3, 0.4) is 0 Å². The zero-order chi connectivity index (χ0) is 16.7. The molecule has 2 fully saturated rings. The largest absolute Gasteiger partial charge is 0.366 e. The zero-order valence-corrected chi connectivity index (χ0v) is 14.7. The molecule has 3 unspecified atom stereocenters. The van der Waals surface area contributed by atoms with Gasteiger partial charge in [-0.1, -0.05) is 20.3 Å². The Balaban J connectivity index is 1.68. The molecule has 130 valence electrons. The minimum absolute atomic E-state index is 0.376. The van der Waals surface area contributed by atoms with E-state index in [-0.39, 0.29) is 0 Å². The smallest absolute Gasteiger partial charge is 0.157 e. The molecule has 3 atom stereocenters. The highest BCUT2D eigenvalue weighted by atomic mass is 15.4. The highest BCUT2D eigenvalue weighted by Crippen LogP contribution is 2.47. The fourth-order valence-electron chi connectivity index (χ4n) is 4.03. The second-order valence-corrected chi connectivity index (χ2v) is 7.54. The summed E-state index contributed by atoms with van der Waals surface area (Å²) in [4.78, 5) is 4.94. The van der Waals surface area contributed by atoms with E-state index in [1.807, 2.05) is 21.8 Å². The van der Waals surface area contributed by atoms with Crippen molar-refractivity contribution in [1.29, 1.82) is 0 Å². The monoisotopic (exact) mass is 328 g/mol. The van der Waals surface area contributed by atoms with Crippen LogP contribution in [0.4, 0.5) is 5.82 Å². The Labute approximate surface area is 143 Å². The van der Waals surface area contributed by atoms with Crippen molar-refractivity contribution in [3.63, 3.8) is 0 Å². The van der Waals surface area contributed by atoms with Crippen LogP contribution < -0.4 is 11.2 Å². The number of nitrogens with two attached hydrogens (primary N) is 1. The number of fused-ring (bicyclic) bond motifs is 1. The first-order valence-electron chi connectivity index (χ1n) is 9.26. The zero-order valence-electron chi connectivity index (χ0n) is 14.7.